The summed E-state index contributed by atoms with van der Waals surface area (Å²) in [6.07, 6.45) is 7.03. The van der Waals surface area contributed by atoms with Gasteiger partial charge in [-0.05, 0) is 43.9 Å². The van der Waals surface area contributed by atoms with Gasteiger partial charge < -0.3 is 10.6 Å². The second kappa shape index (κ2) is 7.46. The second-order valence-corrected chi connectivity index (χ2v) is 5.04. The number of likely N-dealkylation sites (tertiary alicyclic amines) is 1. The zero-order chi connectivity index (χ0) is 13.0. The van der Waals surface area contributed by atoms with Gasteiger partial charge in [-0.15, -0.1) is 12.4 Å². The molecule has 2 heterocycles. The first-order chi connectivity index (χ1) is 8.68. The molecule has 0 spiro atoms. The van der Waals surface area contributed by atoms with Crippen molar-refractivity contribution in [1.29, 1.82) is 0 Å². The molecule has 1 saturated heterocycles. The Morgan fingerprint density at radius 3 is 2.84 bits per heavy atom. The van der Waals surface area contributed by atoms with E-state index in [-0.39, 0.29) is 30.4 Å². The van der Waals surface area contributed by atoms with Crippen LogP contribution in [0.3, 0.4) is 0 Å². The molecular formula is C14H22ClN3O. The highest BCUT2D eigenvalue weighted by molar-refractivity contribution is 5.85. The molecule has 5 heteroatoms. The molecule has 0 aliphatic carbocycles. The number of pyridine rings is 1. The molecule has 2 unspecified atom stereocenters. The lowest BCUT2D eigenvalue weighted by molar-refractivity contribution is -0.132. The van der Waals surface area contributed by atoms with Crippen molar-refractivity contribution >= 4 is 18.3 Å². The quantitative estimate of drug-likeness (QED) is 0.922. The molecule has 2 N–H and O–H groups in total. The van der Waals surface area contributed by atoms with E-state index in [2.05, 4.69) is 4.98 Å². The Hall–Kier alpha value is -1.13. The number of carbonyl (C=O) groups is 1. The number of nitrogens with zero attached hydrogens (tertiary/aromatic N) is 2. The molecule has 0 bridgehead atoms. The Morgan fingerprint density at radius 1 is 1.53 bits per heavy atom. The second-order valence-electron chi connectivity index (χ2n) is 5.04. The first-order valence-corrected chi connectivity index (χ1v) is 6.63. The van der Waals surface area contributed by atoms with Gasteiger partial charge in [-0.25, -0.2) is 0 Å². The summed E-state index contributed by atoms with van der Waals surface area (Å²) < 4.78 is 0. The third kappa shape index (κ3) is 4.18. The summed E-state index contributed by atoms with van der Waals surface area (Å²) in [4.78, 5) is 18.2. The van der Waals surface area contributed by atoms with Crippen LogP contribution in [-0.4, -0.2) is 28.4 Å². The van der Waals surface area contributed by atoms with Crippen molar-refractivity contribution in [2.75, 3.05) is 6.54 Å². The zero-order valence-corrected chi connectivity index (χ0v) is 12.1. The van der Waals surface area contributed by atoms with E-state index < -0.39 is 0 Å². The van der Waals surface area contributed by atoms with Crippen molar-refractivity contribution in [2.24, 2.45) is 5.73 Å². The minimum absolute atomic E-state index is 0. The van der Waals surface area contributed by atoms with E-state index in [0.29, 0.717) is 6.42 Å². The minimum atomic E-state index is 0. The van der Waals surface area contributed by atoms with Gasteiger partial charge in [0, 0.05) is 31.4 Å². The summed E-state index contributed by atoms with van der Waals surface area (Å²) in [5.41, 5.74) is 6.90. The van der Waals surface area contributed by atoms with E-state index in [9.17, 15) is 4.79 Å². The number of nitrogens with two attached hydrogens (primary N) is 1. The SMILES string of the molecule is CC(N)CCC(=O)N1CCCC1c1ccncc1.Cl. The number of hydrogen-bond donors (Lipinski definition) is 1. The van der Waals surface area contributed by atoms with Crippen molar-refractivity contribution in [2.45, 2.75) is 44.7 Å². The van der Waals surface area contributed by atoms with Crippen LogP contribution in [0.1, 0.15) is 44.2 Å². The van der Waals surface area contributed by atoms with Crippen molar-refractivity contribution in [3.63, 3.8) is 0 Å². The maximum Gasteiger partial charge on any atom is 0.223 e. The Bertz CT molecular complexity index is 397. The average Bonchev–Trinajstić information content (AvgIpc) is 2.86. The van der Waals surface area contributed by atoms with Crippen LogP contribution >= 0.6 is 12.4 Å². The van der Waals surface area contributed by atoms with Crippen LogP contribution in [-0.2, 0) is 4.79 Å². The van der Waals surface area contributed by atoms with Crippen LogP contribution in [0.15, 0.2) is 24.5 Å². The van der Waals surface area contributed by atoms with Gasteiger partial charge in [0.25, 0.3) is 0 Å². The number of halogens is 1. The molecule has 1 amide bonds. The number of hydrogen-bond acceptors (Lipinski definition) is 3. The average molecular weight is 284 g/mol. The lowest BCUT2D eigenvalue weighted by atomic mass is 10.1. The summed E-state index contributed by atoms with van der Waals surface area (Å²) in [7, 11) is 0. The van der Waals surface area contributed by atoms with E-state index in [0.717, 1.165) is 25.8 Å². The lowest BCUT2D eigenvalue weighted by Crippen LogP contribution is -2.31. The zero-order valence-electron chi connectivity index (χ0n) is 11.3. The molecule has 106 valence electrons. The predicted molar refractivity (Wildman–Crippen MR) is 78.1 cm³/mol. The van der Waals surface area contributed by atoms with Crippen LogP contribution in [0.4, 0.5) is 0 Å². The highest BCUT2D eigenvalue weighted by Crippen LogP contribution is 2.32. The molecule has 1 aromatic rings. The fraction of sp³-hybridized carbons (Fsp3) is 0.571. The van der Waals surface area contributed by atoms with Gasteiger partial charge in [-0.3, -0.25) is 9.78 Å². The monoisotopic (exact) mass is 283 g/mol. The largest absolute Gasteiger partial charge is 0.336 e. The van der Waals surface area contributed by atoms with Crippen LogP contribution in [0.2, 0.25) is 0 Å². The van der Waals surface area contributed by atoms with E-state index >= 15 is 0 Å². The van der Waals surface area contributed by atoms with E-state index in [1.54, 1.807) is 12.4 Å². The normalized spacial score (nSPS) is 19.9. The maximum atomic E-state index is 12.2. The molecule has 2 rings (SSSR count). The number of carbonyl (C=O) groups excluding carboxylic acids is 1. The molecule has 0 aromatic carbocycles. The molecule has 0 saturated carbocycles. The van der Waals surface area contributed by atoms with Crippen LogP contribution < -0.4 is 5.73 Å². The fourth-order valence-electron chi connectivity index (χ4n) is 2.49. The molecule has 0 radical (unpaired) electrons. The topological polar surface area (TPSA) is 59.2 Å². The van der Waals surface area contributed by atoms with Crippen molar-refractivity contribution < 1.29 is 4.79 Å². The summed E-state index contributed by atoms with van der Waals surface area (Å²) in [6, 6.07) is 4.33. The number of aromatic nitrogens is 1. The molecule has 1 aliphatic heterocycles. The molecule has 1 aromatic heterocycles. The summed E-state index contributed by atoms with van der Waals surface area (Å²) >= 11 is 0. The van der Waals surface area contributed by atoms with Gasteiger partial charge in [0.05, 0.1) is 6.04 Å². The van der Waals surface area contributed by atoms with Gasteiger partial charge in [-0.1, -0.05) is 0 Å². The molecule has 1 aliphatic rings. The number of amides is 1. The van der Waals surface area contributed by atoms with Crippen molar-refractivity contribution in [1.82, 2.24) is 9.88 Å². The van der Waals surface area contributed by atoms with Crippen molar-refractivity contribution in [3.05, 3.63) is 30.1 Å². The first-order valence-electron chi connectivity index (χ1n) is 6.63. The summed E-state index contributed by atoms with van der Waals surface area (Å²) in [5.74, 6) is 0.228. The Morgan fingerprint density at radius 2 is 2.21 bits per heavy atom. The number of rotatable bonds is 4. The van der Waals surface area contributed by atoms with Gasteiger partial charge in [0.2, 0.25) is 5.91 Å². The van der Waals surface area contributed by atoms with Crippen LogP contribution in [0, 0.1) is 0 Å². The minimum Gasteiger partial charge on any atom is -0.336 e. The highest BCUT2D eigenvalue weighted by Gasteiger charge is 2.29. The fourth-order valence-corrected chi connectivity index (χ4v) is 2.49. The van der Waals surface area contributed by atoms with Gasteiger partial charge in [0.15, 0.2) is 0 Å². The molecule has 19 heavy (non-hydrogen) atoms. The third-order valence-corrected chi connectivity index (χ3v) is 3.48. The Labute approximate surface area is 120 Å². The molecule has 2 atom stereocenters. The molecule has 1 fully saturated rings. The Balaban J connectivity index is 0.00000180. The van der Waals surface area contributed by atoms with E-state index in [4.69, 9.17) is 5.73 Å². The molecular weight excluding hydrogens is 262 g/mol. The van der Waals surface area contributed by atoms with Crippen LogP contribution in [0.25, 0.3) is 0 Å². The lowest BCUT2D eigenvalue weighted by Gasteiger charge is -2.25. The summed E-state index contributed by atoms with van der Waals surface area (Å²) in [5, 5.41) is 0. The van der Waals surface area contributed by atoms with Crippen LogP contribution in [0.5, 0.6) is 0 Å². The smallest absolute Gasteiger partial charge is 0.223 e. The Kier molecular flexibility index (Phi) is 6.25. The predicted octanol–water partition coefficient (Wildman–Crippen LogP) is 2.29. The van der Waals surface area contributed by atoms with Gasteiger partial charge >= 0.3 is 0 Å². The highest BCUT2D eigenvalue weighted by atomic mass is 35.5. The van der Waals surface area contributed by atoms with E-state index in [1.807, 2.05) is 24.0 Å². The molecule has 4 nitrogen and oxygen atoms in total. The standard InChI is InChI=1S/C14H21N3O.ClH/c1-11(15)4-5-14(18)17-10-2-3-13(17)12-6-8-16-9-7-12;/h6-9,11,13H,2-5,10,15H2,1H3;1H. The van der Waals surface area contributed by atoms with Gasteiger partial charge in [-0.2, -0.15) is 0 Å². The van der Waals surface area contributed by atoms with Gasteiger partial charge in [0.1, 0.15) is 0 Å². The van der Waals surface area contributed by atoms with Crippen molar-refractivity contribution in [3.8, 4) is 0 Å². The summed E-state index contributed by atoms with van der Waals surface area (Å²) in [6.45, 7) is 2.81. The third-order valence-electron chi connectivity index (χ3n) is 3.48. The maximum absolute atomic E-state index is 12.2. The van der Waals surface area contributed by atoms with E-state index in [1.165, 1.54) is 5.56 Å². The first kappa shape index (κ1) is 15.9.